The fourth-order valence-corrected chi connectivity index (χ4v) is 5.14. The van der Waals surface area contributed by atoms with Gasteiger partial charge in [-0.05, 0) is 30.3 Å². The first-order chi connectivity index (χ1) is 17.1. The van der Waals surface area contributed by atoms with E-state index in [0.29, 0.717) is 55.6 Å². The third-order valence-electron chi connectivity index (χ3n) is 6.79. The average Bonchev–Trinajstić information content (AvgIpc) is 3.50. The number of nitrogens with zero attached hydrogens (tertiary/aromatic N) is 3. The summed E-state index contributed by atoms with van der Waals surface area (Å²) in [5.41, 5.74) is 2.01. The molecule has 9 heteroatoms. The van der Waals surface area contributed by atoms with Crippen LogP contribution in [-0.2, 0) is 11.3 Å². The number of benzene rings is 2. The molecule has 2 aromatic carbocycles. The van der Waals surface area contributed by atoms with Gasteiger partial charge in [0, 0.05) is 55.3 Å². The predicted molar refractivity (Wildman–Crippen MR) is 126 cm³/mol. The molecule has 180 valence electrons. The van der Waals surface area contributed by atoms with Crippen LogP contribution in [0.3, 0.4) is 0 Å². The Morgan fingerprint density at radius 1 is 1.00 bits per heavy atom. The number of carbonyl (C=O) groups excluding carboxylic acids is 2. The molecule has 8 nitrogen and oxygen atoms in total. The minimum absolute atomic E-state index is 0.0786. The van der Waals surface area contributed by atoms with Crippen LogP contribution in [0.15, 0.2) is 60.8 Å². The van der Waals surface area contributed by atoms with Gasteiger partial charge in [-0.2, -0.15) is 0 Å². The van der Waals surface area contributed by atoms with E-state index >= 15 is 0 Å². The molecule has 1 saturated heterocycles. The molecule has 1 aromatic heterocycles. The normalized spacial score (nSPS) is 21.1. The van der Waals surface area contributed by atoms with E-state index in [1.54, 1.807) is 40.1 Å². The van der Waals surface area contributed by atoms with Gasteiger partial charge in [-0.15, -0.1) is 0 Å². The summed E-state index contributed by atoms with van der Waals surface area (Å²) in [6.07, 6.45) is 2.13. The molecule has 3 amide bonds. The van der Waals surface area contributed by atoms with Gasteiger partial charge in [0.1, 0.15) is 25.1 Å². The lowest BCUT2D eigenvalue weighted by Crippen LogP contribution is -2.50. The number of amides is 3. The molecule has 3 aliphatic heterocycles. The molecule has 2 atom stereocenters. The SMILES string of the molecule is O=C1C[C@H](NC(=O)N2CCn3cccc3[C@H]2c2ccccc2F)CN1c1ccc2c(c1)OCCO2. The molecule has 0 radical (unpaired) electrons. The first-order valence-electron chi connectivity index (χ1n) is 11.7. The van der Waals surface area contributed by atoms with Gasteiger partial charge in [-0.25, -0.2) is 9.18 Å². The maximum absolute atomic E-state index is 14.8. The quantitative estimate of drug-likeness (QED) is 0.629. The zero-order valence-corrected chi connectivity index (χ0v) is 19.0. The Morgan fingerprint density at radius 3 is 2.69 bits per heavy atom. The lowest BCUT2D eigenvalue weighted by molar-refractivity contribution is -0.117. The van der Waals surface area contributed by atoms with E-state index in [9.17, 15) is 14.0 Å². The largest absolute Gasteiger partial charge is 0.486 e. The van der Waals surface area contributed by atoms with Crippen molar-refractivity contribution in [3.63, 3.8) is 0 Å². The van der Waals surface area contributed by atoms with Crippen LogP contribution < -0.4 is 19.7 Å². The minimum atomic E-state index is -0.550. The lowest BCUT2D eigenvalue weighted by atomic mass is 9.99. The molecule has 35 heavy (non-hydrogen) atoms. The Bertz CT molecular complexity index is 1290. The van der Waals surface area contributed by atoms with Crippen molar-refractivity contribution in [1.29, 1.82) is 0 Å². The summed E-state index contributed by atoms with van der Waals surface area (Å²) in [5, 5.41) is 3.02. The van der Waals surface area contributed by atoms with Gasteiger partial charge in [0.2, 0.25) is 5.91 Å². The van der Waals surface area contributed by atoms with Crippen LogP contribution in [0.4, 0.5) is 14.9 Å². The highest BCUT2D eigenvalue weighted by atomic mass is 19.1. The third kappa shape index (κ3) is 3.86. The molecule has 0 saturated carbocycles. The van der Waals surface area contributed by atoms with Crippen LogP contribution in [0.5, 0.6) is 11.5 Å². The zero-order chi connectivity index (χ0) is 23.9. The minimum Gasteiger partial charge on any atom is -0.486 e. The molecule has 4 heterocycles. The molecular weight excluding hydrogens is 451 g/mol. The van der Waals surface area contributed by atoms with Gasteiger partial charge >= 0.3 is 6.03 Å². The van der Waals surface area contributed by atoms with Crippen molar-refractivity contribution in [2.45, 2.75) is 25.0 Å². The first kappa shape index (κ1) is 21.5. The smallest absolute Gasteiger partial charge is 0.318 e. The van der Waals surface area contributed by atoms with Crippen molar-refractivity contribution in [3.05, 3.63) is 77.9 Å². The van der Waals surface area contributed by atoms with Crippen LogP contribution in [0.1, 0.15) is 23.7 Å². The Balaban J connectivity index is 1.21. The van der Waals surface area contributed by atoms with Crippen molar-refractivity contribution in [2.24, 2.45) is 0 Å². The van der Waals surface area contributed by atoms with Crippen LogP contribution in [-0.4, -0.2) is 53.8 Å². The van der Waals surface area contributed by atoms with Gasteiger partial charge in [0.25, 0.3) is 0 Å². The Labute approximate surface area is 201 Å². The maximum Gasteiger partial charge on any atom is 0.318 e. The highest BCUT2D eigenvalue weighted by Crippen LogP contribution is 2.36. The van der Waals surface area contributed by atoms with Crippen LogP contribution >= 0.6 is 0 Å². The number of ether oxygens (including phenoxy) is 2. The van der Waals surface area contributed by atoms with Crippen LogP contribution in [0.25, 0.3) is 0 Å². The zero-order valence-electron chi connectivity index (χ0n) is 19.0. The Hall–Kier alpha value is -4.01. The molecule has 0 bridgehead atoms. The fourth-order valence-electron chi connectivity index (χ4n) is 5.14. The number of urea groups is 1. The number of nitrogens with one attached hydrogen (secondary N) is 1. The Morgan fingerprint density at radius 2 is 1.83 bits per heavy atom. The van der Waals surface area contributed by atoms with Gasteiger partial charge in [-0.1, -0.05) is 18.2 Å². The molecule has 1 fully saturated rings. The van der Waals surface area contributed by atoms with Gasteiger partial charge < -0.3 is 29.2 Å². The predicted octanol–water partition coefficient (Wildman–Crippen LogP) is 3.32. The fraction of sp³-hybridized carbons (Fsp3) is 0.308. The van der Waals surface area contributed by atoms with Gasteiger partial charge in [-0.3, -0.25) is 4.79 Å². The molecule has 0 spiro atoms. The summed E-state index contributed by atoms with van der Waals surface area (Å²) in [7, 11) is 0. The number of aromatic nitrogens is 1. The monoisotopic (exact) mass is 476 g/mol. The van der Waals surface area contributed by atoms with Crippen molar-refractivity contribution >= 4 is 17.6 Å². The van der Waals surface area contributed by atoms with Crippen molar-refractivity contribution in [3.8, 4) is 11.5 Å². The first-order valence-corrected chi connectivity index (χ1v) is 11.7. The summed E-state index contributed by atoms with van der Waals surface area (Å²) in [6, 6.07) is 14.6. The van der Waals surface area contributed by atoms with Crippen molar-refractivity contribution < 1.29 is 23.5 Å². The highest BCUT2D eigenvalue weighted by molar-refractivity contribution is 5.97. The van der Waals surface area contributed by atoms with Crippen molar-refractivity contribution in [2.75, 3.05) is 31.2 Å². The van der Waals surface area contributed by atoms with E-state index in [0.717, 1.165) is 5.69 Å². The Kier molecular flexibility index (Phi) is 5.32. The average molecular weight is 477 g/mol. The second-order valence-electron chi connectivity index (χ2n) is 8.93. The molecule has 1 N–H and O–H groups in total. The summed E-state index contributed by atoms with van der Waals surface area (Å²) in [5.74, 6) is 0.833. The van der Waals surface area contributed by atoms with E-state index < -0.39 is 6.04 Å². The molecule has 3 aromatic rings. The van der Waals surface area contributed by atoms with Gasteiger partial charge in [0.15, 0.2) is 11.5 Å². The molecule has 0 aliphatic carbocycles. The third-order valence-corrected chi connectivity index (χ3v) is 6.79. The van der Waals surface area contributed by atoms with E-state index in [-0.39, 0.29) is 30.2 Å². The summed E-state index contributed by atoms with van der Waals surface area (Å²) >= 11 is 0. The van der Waals surface area contributed by atoms with Gasteiger partial charge in [0.05, 0.1) is 6.04 Å². The number of fused-ring (bicyclic) bond motifs is 2. The molecule has 6 rings (SSSR count). The maximum atomic E-state index is 14.8. The van der Waals surface area contributed by atoms with Crippen LogP contribution in [0.2, 0.25) is 0 Å². The molecule has 3 aliphatic rings. The molecular formula is C26H25FN4O4. The lowest BCUT2D eigenvalue weighted by Gasteiger charge is -2.38. The number of hydrogen-bond acceptors (Lipinski definition) is 4. The van der Waals surface area contributed by atoms with Crippen LogP contribution in [0, 0.1) is 5.82 Å². The number of anilines is 1. The summed E-state index contributed by atoms with van der Waals surface area (Å²) < 4.78 is 28.0. The van der Waals surface area contributed by atoms with E-state index in [1.807, 2.05) is 29.0 Å². The van der Waals surface area contributed by atoms with E-state index in [2.05, 4.69) is 5.32 Å². The van der Waals surface area contributed by atoms with Crippen molar-refractivity contribution in [1.82, 2.24) is 14.8 Å². The number of carbonyl (C=O) groups is 2. The number of halogens is 1. The molecule has 0 unspecified atom stereocenters. The van der Waals surface area contributed by atoms with E-state index in [1.165, 1.54) is 6.07 Å². The summed E-state index contributed by atoms with van der Waals surface area (Å²) in [6.45, 7) is 2.36. The second kappa shape index (κ2) is 8.65. The van der Waals surface area contributed by atoms with E-state index in [4.69, 9.17) is 9.47 Å². The second-order valence-corrected chi connectivity index (χ2v) is 8.93. The number of rotatable bonds is 3. The number of hydrogen-bond donors (Lipinski definition) is 1. The topological polar surface area (TPSA) is 76.0 Å². The highest BCUT2D eigenvalue weighted by Gasteiger charge is 2.37. The summed E-state index contributed by atoms with van der Waals surface area (Å²) in [4.78, 5) is 29.6. The standard InChI is InChI=1S/C26H25FN4O4/c27-20-5-2-1-4-19(20)25-21-6-3-9-29(21)10-11-30(25)26(33)28-17-14-24(32)31(16-17)18-7-8-22-23(15-18)35-13-12-34-22/h1-9,15,17,25H,10-14,16H2,(H,28,33)/t17-,25+/m0/s1.